The lowest BCUT2D eigenvalue weighted by atomic mass is 9.99. The molecule has 0 aliphatic carbocycles. The van der Waals surface area contributed by atoms with E-state index in [-0.39, 0.29) is 6.04 Å². The number of halogens is 3. The van der Waals surface area contributed by atoms with Gasteiger partial charge in [-0.2, -0.15) is 0 Å². The maximum absolute atomic E-state index is 6.27. The second-order valence-electron chi connectivity index (χ2n) is 4.19. The maximum atomic E-state index is 6.27. The number of hydrogen-bond donors (Lipinski definition) is 1. The molecule has 0 radical (unpaired) electrons. The fraction of sp³-hybridized carbons (Fsp3) is 0.143. The maximum Gasteiger partial charge on any atom is 0.0552 e. The highest BCUT2D eigenvalue weighted by molar-refractivity contribution is 9.11. The molecule has 2 N–H and O–H groups in total. The number of nitrogens with two attached hydrogens (primary N) is 1. The van der Waals surface area contributed by atoms with Crippen LogP contribution in [0.2, 0.25) is 5.02 Å². The Hall–Kier alpha value is -0.350. The van der Waals surface area contributed by atoms with Crippen LogP contribution in [0.25, 0.3) is 0 Å². The van der Waals surface area contributed by atoms with Gasteiger partial charge in [0.2, 0.25) is 0 Å². The molecule has 0 aliphatic heterocycles. The van der Waals surface area contributed by atoms with E-state index in [0.717, 1.165) is 30.7 Å². The van der Waals surface area contributed by atoms with Gasteiger partial charge in [-0.1, -0.05) is 55.6 Å². The lowest BCUT2D eigenvalue weighted by molar-refractivity contribution is 0.869. The monoisotopic (exact) mass is 387 g/mol. The van der Waals surface area contributed by atoms with Gasteiger partial charge in [-0.05, 0) is 47.9 Å². The van der Waals surface area contributed by atoms with Gasteiger partial charge in [0.1, 0.15) is 0 Å². The Morgan fingerprint density at radius 3 is 2.17 bits per heavy atom. The van der Waals surface area contributed by atoms with Crippen LogP contribution in [0, 0.1) is 6.92 Å². The minimum atomic E-state index is -0.183. The van der Waals surface area contributed by atoms with Crippen molar-refractivity contribution < 1.29 is 0 Å². The first-order chi connectivity index (χ1) is 8.47. The summed E-state index contributed by atoms with van der Waals surface area (Å²) in [5.41, 5.74) is 9.38. The molecule has 0 aromatic heterocycles. The first kappa shape index (κ1) is 14.1. The number of benzene rings is 2. The quantitative estimate of drug-likeness (QED) is 0.749. The van der Waals surface area contributed by atoms with E-state index < -0.39 is 0 Å². The highest BCUT2D eigenvalue weighted by Crippen LogP contribution is 2.28. The smallest absolute Gasteiger partial charge is 0.0552 e. The summed E-state index contributed by atoms with van der Waals surface area (Å²) in [6.45, 7) is 1.98. The fourth-order valence-electron chi connectivity index (χ4n) is 1.75. The summed E-state index contributed by atoms with van der Waals surface area (Å²) in [5, 5.41) is 0.747. The molecule has 2 aromatic carbocycles. The Kier molecular flexibility index (Phi) is 4.49. The highest BCUT2D eigenvalue weighted by atomic mass is 79.9. The van der Waals surface area contributed by atoms with E-state index in [4.69, 9.17) is 17.3 Å². The van der Waals surface area contributed by atoms with Gasteiger partial charge in [-0.3, -0.25) is 0 Å². The van der Waals surface area contributed by atoms with Gasteiger partial charge >= 0.3 is 0 Å². The summed E-state index contributed by atoms with van der Waals surface area (Å²) in [4.78, 5) is 0. The Bertz CT molecular complexity index is 564. The van der Waals surface area contributed by atoms with E-state index in [1.807, 2.05) is 43.3 Å². The molecular weight excluding hydrogens is 377 g/mol. The Morgan fingerprint density at radius 1 is 1.00 bits per heavy atom. The molecule has 0 saturated carbocycles. The van der Waals surface area contributed by atoms with Crippen molar-refractivity contribution in [1.82, 2.24) is 0 Å². The van der Waals surface area contributed by atoms with Crippen molar-refractivity contribution in [3.05, 3.63) is 67.1 Å². The summed E-state index contributed by atoms with van der Waals surface area (Å²) >= 11 is 13.1. The SMILES string of the molecule is Cc1ccc(C(N)c2cc(Br)cc(Br)c2)cc1Cl. The van der Waals surface area contributed by atoms with Crippen LogP contribution in [0.3, 0.4) is 0 Å². The first-order valence-electron chi connectivity index (χ1n) is 5.45. The van der Waals surface area contributed by atoms with Gasteiger partial charge in [0, 0.05) is 14.0 Å². The number of aryl methyl sites for hydroxylation is 1. The van der Waals surface area contributed by atoms with Crippen molar-refractivity contribution >= 4 is 43.5 Å². The van der Waals surface area contributed by atoms with Crippen molar-refractivity contribution in [3.63, 3.8) is 0 Å². The normalized spacial score (nSPS) is 12.5. The predicted molar refractivity (Wildman–Crippen MR) is 84.1 cm³/mol. The molecule has 0 amide bonds. The molecule has 1 unspecified atom stereocenters. The average molecular weight is 390 g/mol. The molecule has 2 aromatic rings. The molecule has 1 nitrogen and oxygen atoms in total. The lowest BCUT2D eigenvalue weighted by Crippen LogP contribution is -2.12. The summed E-state index contributed by atoms with van der Waals surface area (Å²) in [6, 6.07) is 11.8. The minimum absolute atomic E-state index is 0.183. The van der Waals surface area contributed by atoms with E-state index in [1.165, 1.54) is 0 Å². The Labute approximate surface area is 129 Å². The van der Waals surface area contributed by atoms with Crippen LogP contribution in [-0.4, -0.2) is 0 Å². The molecule has 4 heteroatoms. The van der Waals surface area contributed by atoms with Crippen molar-refractivity contribution in [2.45, 2.75) is 13.0 Å². The zero-order chi connectivity index (χ0) is 13.3. The summed E-state index contributed by atoms with van der Waals surface area (Å²) < 4.78 is 2.00. The van der Waals surface area contributed by atoms with Crippen LogP contribution in [0.1, 0.15) is 22.7 Å². The molecule has 0 fully saturated rings. The number of hydrogen-bond acceptors (Lipinski definition) is 1. The number of rotatable bonds is 2. The molecule has 0 saturated heterocycles. The van der Waals surface area contributed by atoms with E-state index in [2.05, 4.69) is 31.9 Å². The van der Waals surface area contributed by atoms with Crippen LogP contribution in [0.15, 0.2) is 45.3 Å². The molecule has 0 spiro atoms. The zero-order valence-electron chi connectivity index (χ0n) is 9.75. The van der Waals surface area contributed by atoms with Crippen LogP contribution in [0.4, 0.5) is 0 Å². The Balaban J connectivity index is 2.40. The largest absolute Gasteiger partial charge is 0.320 e. The molecule has 0 bridgehead atoms. The summed E-state index contributed by atoms with van der Waals surface area (Å²) in [7, 11) is 0. The van der Waals surface area contributed by atoms with Crippen molar-refractivity contribution in [3.8, 4) is 0 Å². The van der Waals surface area contributed by atoms with E-state index in [9.17, 15) is 0 Å². The highest BCUT2D eigenvalue weighted by Gasteiger charge is 2.11. The molecule has 0 aliphatic rings. The first-order valence-corrected chi connectivity index (χ1v) is 7.41. The van der Waals surface area contributed by atoms with Gasteiger partial charge in [0.15, 0.2) is 0 Å². The van der Waals surface area contributed by atoms with Crippen LogP contribution >= 0.6 is 43.5 Å². The standard InChI is InChI=1S/C14H12Br2ClN/c1-8-2-3-9(6-13(8)17)14(18)10-4-11(15)7-12(16)5-10/h2-7,14H,18H2,1H3. The second-order valence-corrected chi connectivity index (χ2v) is 6.43. The topological polar surface area (TPSA) is 26.0 Å². The van der Waals surface area contributed by atoms with Crippen LogP contribution in [0.5, 0.6) is 0 Å². The molecule has 18 heavy (non-hydrogen) atoms. The van der Waals surface area contributed by atoms with E-state index >= 15 is 0 Å². The Morgan fingerprint density at radius 2 is 1.61 bits per heavy atom. The summed E-state index contributed by atoms with van der Waals surface area (Å²) in [5.74, 6) is 0. The molecule has 94 valence electrons. The van der Waals surface area contributed by atoms with Crippen molar-refractivity contribution in [2.24, 2.45) is 5.73 Å². The summed E-state index contributed by atoms with van der Waals surface area (Å²) in [6.07, 6.45) is 0. The minimum Gasteiger partial charge on any atom is -0.320 e. The van der Waals surface area contributed by atoms with Crippen LogP contribution in [-0.2, 0) is 0 Å². The molecule has 1 atom stereocenters. The average Bonchev–Trinajstić information content (AvgIpc) is 2.30. The van der Waals surface area contributed by atoms with Crippen molar-refractivity contribution in [1.29, 1.82) is 0 Å². The second kappa shape index (κ2) is 5.74. The third-order valence-corrected chi connectivity index (χ3v) is 4.12. The predicted octanol–water partition coefficient (Wildman–Crippen LogP) is 5.22. The lowest BCUT2D eigenvalue weighted by Gasteiger charge is -2.14. The van der Waals surface area contributed by atoms with Gasteiger partial charge in [-0.25, -0.2) is 0 Å². The molecular formula is C14H12Br2ClN. The molecule has 2 rings (SSSR count). The van der Waals surface area contributed by atoms with Gasteiger partial charge < -0.3 is 5.73 Å². The van der Waals surface area contributed by atoms with E-state index in [1.54, 1.807) is 0 Å². The van der Waals surface area contributed by atoms with Crippen molar-refractivity contribution in [2.75, 3.05) is 0 Å². The third kappa shape index (κ3) is 3.15. The van der Waals surface area contributed by atoms with Gasteiger partial charge in [-0.15, -0.1) is 0 Å². The molecule has 0 heterocycles. The fourth-order valence-corrected chi connectivity index (χ4v) is 3.27. The van der Waals surface area contributed by atoms with E-state index in [0.29, 0.717) is 0 Å². The van der Waals surface area contributed by atoms with Gasteiger partial charge in [0.25, 0.3) is 0 Å². The zero-order valence-corrected chi connectivity index (χ0v) is 13.7. The van der Waals surface area contributed by atoms with Gasteiger partial charge in [0.05, 0.1) is 6.04 Å². The van der Waals surface area contributed by atoms with Crippen LogP contribution < -0.4 is 5.73 Å². The third-order valence-electron chi connectivity index (χ3n) is 2.80.